The molecule has 0 fully saturated rings. The molecule has 7 rings (SSSR count). The van der Waals surface area contributed by atoms with Crippen molar-refractivity contribution < 1.29 is 102 Å². The van der Waals surface area contributed by atoms with Gasteiger partial charge in [0.15, 0.2) is 69.8 Å². The van der Waals surface area contributed by atoms with E-state index >= 15 is 35.1 Å². The van der Waals surface area contributed by atoms with Crippen molar-refractivity contribution in [1.82, 2.24) is 0 Å². The van der Waals surface area contributed by atoms with E-state index in [-0.39, 0.29) is 18.1 Å². The number of halogens is 20. The van der Waals surface area contributed by atoms with Gasteiger partial charge in [-0.3, -0.25) is 9.59 Å². The van der Waals surface area contributed by atoms with Crippen LogP contribution in [0.25, 0.3) is 10.9 Å². The van der Waals surface area contributed by atoms with Gasteiger partial charge in [0.1, 0.15) is 52.7 Å². The largest absolute Gasteiger partial charge is 0.287 e. The molecule has 0 aliphatic rings. The number of aromatic nitrogens is 1. The van der Waals surface area contributed by atoms with Gasteiger partial charge in [-0.2, -0.15) is 4.57 Å². The first kappa shape index (κ1) is 64.9. The summed E-state index contributed by atoms with van der Waals surface area (Å²) in [6.07, 6.45) is 13.0. The molecule has 83 heavy (non-hydrogen) atoms. The third kappa shape index (κ3) is 13.1. The molecular weight excluding hydrogens is 1150 g/mol. The standard InChI is InChI=1S/C35H48NO2.C24BF20/c1-2-3-4-5-6-7-8-9-10-11-12-13-14-15-19-26-34(37)33-28-27-30-22-20-21-25-32(30)36(33)29-35(38)31-23-17-16-18-24-31;26-5-1(6(27)14(35)21(42)13(5)34)25(2-7(28)15(36)22(43)16(37)8(2)29,3-9(30)17(38)23(44)18(39)10(3)31)4-11(32)19(40)24(45)20(41)12(4)33/h16-18,20-25,27-28H,2-15,19,26,29H2,1H3;/q+1;-1. The molecule has 24 heteroatoms. The van der Waals surface area contributed by atoms with Crippen molar-refractivity contribution in [3.63, 3.8) is 0 Å². The van der Waals surface area contributed by atoms with Crippen molar-refractivity contribution in [2.45, 2.75) is 116 Å². The highest BCUT2D eigenvalue weighted by molar-refractivity contribution is 7.20. The number of para-hydroxylation sites is 1. The molecule has 0 aliphatic carbocycles. The summed E-state index contributed by atoms with van der Waals surface area (Å²) < 4.78 is 296. The molecule has 0 N–H and O–H groups in total. The zero-order chi connectivity index (χ0) is 61.2. The minimum absolute atomic E-state index is 0.0213. The highest BCUT2D eigenvalue weighted by Gasteiger charge is 2.52. The Morgan fingerprint density at radius 3 is 0.952 bits per heavy atom. The number of pyridine rings is 1. The van der Waals surface area contributed by atoms with Crippen molar-refractivity contribution in [3.05, 3.63) is 194 Å². The van der Waals surface area contributed by atoms with Crippen molar-refractivity contribution in [3.8, 4) is 0 Å². The number of unbranched alkanes of at least 4 members (excludes halogenated alkanes) is 14. The van der Waals surface area contributed by atoms with Crippen molar-refractivity contribution in [1.29, 1.82) is 0 Å². The number of carbonyl (C=O) groups is 2. The summed E-state index contributed by atoms with van der Waals surface area (Å²) in [5.41, 5.74) is -12.1. The Labute approximate surface area is 461 Å². The second-order valence-corrected chi connectivity index (χ2v) is 19.6. The van der Waals surface area contributed by atoms with Gasteiger partial charge in [0.25, 0.3) is 0 Å². The molecule has 3 nitrogen and oxygen atoms in total. The fraction of sp³-hybridized carbons (Fsp3) is 0.305. The summed E-state index contributed by atoms with van der Waals surface area (Å²) in [5, 5.41) is 1.04. The average molecular weight is 1190 g/mol. The molecule has 0 aliphatic heterocycles. The molecular formula is C59H48BF20NO2. The van der Waals surface area contributed by atoms with Gasteiger partial charge in [0.2, 0.25) is 29.3 Å². The normalized spacial score (nSPS) is 11.6. The second-order valence-electron chi connectivity index (χ2n) is 19.6. The Morgan fingerprint density at radius 2 is 0.614 bits per heavy atom. The van der Waals surface area contributed by atoms with Crippen LogP contribution in [0.5, 0.6) is 0 Å². The Hall–Kier alpha value is -7.27. The lowest BCUT2D eigenvalue weighted by Crippen LogP contribution is -2.81. The Kier molecular flexibility index (Phi) is 22.2. The van der Waals surface area contributed by atoms with Gasteiger partial charge >= 0.3 is 0 Å². The van der Waals surface area contributed by atoms with Crippen LogP contribution < -0.4 is 26.4 Å². The van der Waals surface area contributed by atoms with Crippen LogP contribution in [-0.2, 0) is 6.54 Å². The molecule has 0 amide bonds. The van der Waals surface area contributed by atoms with Gasteiger partial charge in [-0.25, -0.2) is 87.8 Å². The third-order valence-corrected chi connectivity index (χ3v) is 14.3. The lowest BCUT2D eigenvalue weighted by molar-refractivity contribution is -0.659. The van der Waals surface area contributed by atoms with Gasteiger partial charge in [0, 0.05) is 29.5 Å². The predicted molar refractivity (Wildman–Crippen MR) is 268 cm³/mol. The van der Waals surface area contributed by atoms with Crippen molar-refractivity contribution in [2.24, 2.45) is 0 Å². The minimum Gasteiger partial charge on any atom is -0.287 e. The van der Waals surface area contributed by atoms with E-state index in [2.05, 4.69) is 6.92 Å². The summed E-state index contributed by atoms with van der Waals surface area (Å²) in [6, 6.07) is 21.2. The maximum absolute atomic E-state index is 15.4. The molecule has 0 saturated heterocycles. The Bertz CT molecular complexity index is 3140. The van der Waals surface area contributed by atoms with E-state index < -0.39 is 144 Å². The summed E-state index contributed by atoms with van der Waals surface area (Å²) in [5.74, 6) is -71.3. The van der Waals surface area contributed by atoms with E-state index in [1.54, 1.807) is 0 Å². The number of hydrogen-bond acceptors (Lipinski definition) is 2. The lowest BCUT2D eigenvalue weighted by Gasteiger charge is -2.44. The van der Waals surface area contributed by atoms with E-state index in [1.807, 2.05) is 71.3 Å². The zero-order valence-corrected chi connectivity index (χ0v) is 43.8. The monoisotopic (exact) mass is 1190 g/mol. The predicted octanol–water partition coefficient (Wildman–Crippen LogP) is 15.3. The van der Waals surface area contributed by atoms with Crippen LogP contribution in [-0.4, -0.2) is 17.7 Å². The summed E-state index contributed by atoms with van der Waals surface area (Å²) in [6.45, 7) is 2.45. The smallest absolute Gasteiger partial charge is 0.249 e. The maximum atomic E-state index is 15.4. The summed E-state index contributed by atoms with van der Waals surface area (Å²) >= 11 is 0. The van der Waals surface area contributed by atoms with Gasteiger partial charge in [-0.15, -0.1) is 21.9 Å². The zero-order valence-electron chi connectivity index (χ0n) is 43.8. The summed E-state index contributed by atoms with van der Waals surface area (Å²) in [4.78, 5) is 26.2. The number of fused-ring (bicyclic) bond motifs is 1. The van der Waals surface area contributed by atoms with Gasteiger partial charge in [0.05, 0.1) is 0 Å². The molecule has 0 saturated carbocycles. The second kappa shape index (κ2) is 28.3. The number of ketones is 2. The summed E-state index contributed by atoms with van der Waals surface area (Å²) in [7, 11) is 0. The Morgan fingerprint density at radius 1 is 0.325 bits per heavy atom. The van der Waals surface area contributed by atoms with E-state index in [4.69, 9.17) is 0 Å². The van der Waals surface area contributed by atoms with E-state index in [0.29, 0.717) is 17.7 Å². The maximum Gasteiger partial charge on any atom is 0.249 e. The first-order chi connectivity index (χ1) is 39.4. The highest BCUT2D eigenvalue weighted by atomic mass is 19.2. The van der Waals surface area contributed by atoms with Crippen LogP contribution in [0.15, 0.2) is 66.7 Å². The molecule has 1 aromatic heterocycles. The van der Waals surface area contributed by atoms with Crippen LogP contribution >= 0.6 is 0 Å². The number of carbonyl (C=O) groups excluding carboxylic acids is 2. The molecule has 444 valence electrons. The molecule has 0 unspecified atom stereocenters. The van der Waals surface area contributed by atoms with E-state index in [0.717, 1.165) is 23.7 Å². The molecule has 0 spiro atoms. The minimum atomic E-state index is -7.22. The number of rotatable bonds is 24. The highest BCUT2D eigenvalue weighted by Crippen LogP contribution is 2.31. The molecule has 1 heterocycles. The van der Waals surface area contributed by atoms with Gasteiger partial charge in [-0.1, -0.05) is 139 Å². The number of nitrogens with zero attached hydrogens (tertiary/aromatic N) is 1. The Balaban J connectivity index is 0.000000271. The van der Waals surface area contributed by atoms with Crippen LogP contribution in [0.1, 0.15) is 131 Å². The number of Topliss-reactive ketones (excluding diaryl/α,β-unsaturated/α-hetero) is 2. The van der Waals surface area contributed by atoms with Crippen LogP contribution in [0.2, 0.25) is 0 Å². The van der Waals surface area contributed by atoms with E-state index in [9.17, 15) is 62.3 Å². The SMILES string of the molecule is CCCCCCCCCCCCCCCCCC(=O)c1ccc2ccccc2[n+]1CC(=O)c1ccccc1.Fc1c(F)c(F)c([B-](c2c(F)c(F)c(F)c(F)c2F)(c2c(F)c(F)c(F)c(F)c2F)c2c(F)c(F)c(F)c(F)c2F)c(F)c1F. The van der Waals surface area contributed by atoms with Crippen LogP contribution in [0.4, 0.5) is 87.8 Å². The van der Waals surface area contributed by atoms with Crippen molar-refractivity contribution in [2.75, 3.05) is 0 Å². The van der Waals surface area contributed by atoms with Crippen molar-refractivity contribution >= 4 is 50.5 Å². The number of hydrogen-bond donors (Lipinski definition) is 0. The topological polar surface area (TPSA) is 38.0 Å². The van der Waals surface area contributed by atoms with E-state index in [1.165, 1.54) is 83.5 Å². The first-order valence-corrected chi connectivity index (χ1v) is 26.2. The quantitative estimate of drug-likeness (QED) is 0.0115. The lowest BCUT2D eigenvalue weighted by atomic mass is 9.12. The fourth-order valence-electron chi connectivity index (χ4n) is 10.2. The third-order valence-electron chi connectivity index (χ3n) is 14.3. The molecule has 0 radical (unpaired) electrons. The fourth-order valence-corrected chi connectivity index (χ4v) is 10.2. The van der Waals surface area contributed by atoms with Gasteiger partial charge < -0.3 is 0 Å². The molecule has 0 atom stereocenters. The van der Waals surface area contributed by atoms with Gasteiger partial charge in [-0.05, 0) is 18.6 Å². The molecule has 0 bridgehead atoms. The molecule has 7 aromatic rings. The average Bonchev–Trinajstić information content (AvgIpc) is 0.833. The van der Waals surface area contributed by atoms with Crippen LogP contribution in [0.3, 0.4) is 0 Å². The number of benzene rings is 6. The first-order valence-electron chi connectivity index (χ1n) is 26.2. The molecule has 6 aromatic carbocycles. The van der Waals surface area contributed by atoms with Crippen LogP contribution in [0, 0.1) is 116 Å².